The molecule has 8 atom stereocenters. The quantitative estimate of drug-likeness (QED) is 0.456. The second-order valence-corrected chi connectivity index (χ2v) is 14.5. The van der Waals surface area contributed by atoms with Crippen LogP contribution in [-0.2, 0) is 0 Å². The Kier molecular flexibility index (Phi) is 4.99. The molecule has 0 radical (unpaired) electrons. The van der Waals surface area contributed by atoms with Crippen LogP contribution in [0.5, 0.6) is 0 Å². The minimum atomic E-state index is 0.648. The molecule has 0 unspecified atom stereocenters. The first-order chi connectivity index (χ1) is 14.8. The van der Waals surface area contributed by atoms with Gasteiger partial charge in [-0.15, -0.1) is 0 Å². The molecular weight excluding hydrogens is 376 g/mol. The molecule has 2 nitrogen and oxygen atoms in total. The van der Waals surface area contributed by atoms with Gasteiger partial charge in [-0.1, -0.05) is 13.8 Å². The normalized spacial score (nSPS) is 53.0. The average molecular weight is 429 g/mol. The summed E-state index contributed by atoms with van der Waals surface area (Å²) in [7, 11) is 5.25. The van der Waals surface area contributed by atoms with E-state index in [1.54, 1.807) is 51.4 Å². The van der Waals surface area contributed by atoms with Crippen LogP contribution >= 0.6 is 0 Å². The summed E-state index contributed by atoms with van der Waals surface area (Å²) in [5.74, 6) is 4.20. The number of hydrogen-bond donors (Lipinski definition) is 0. The van der Waals surface area contributed by atoms with Crippen LogP contribution in [0.25, 0.3) is 0 Å². The Morgan fingerprint density at radius 2 is 1.23 bits per heavy atom. The molecule has 176 valence electrons. The molecule has 0 aromatic rings. The molecule has 2 saturated heterocycles. The van der Waals surface area contributed by atoms with Gasteiger partial charge in [0.1, 0.15) is 0 Å². The van der Waals surface area contributed by atoms with Gasteiger partial charge in [0.2, 0.25) is 0 Å². The molecule has 6 aliphatic rings. The Balaban J connectivity index is 1.21. The summed E-state index contributed by atoms with van der Waals surface area (Å²) < 4.78 is 2.86. The van der Waals surface area contributed by atoms with E-state index in [1.807, 2.05) is 0 Å². The van der Waals surface area contributed by atoms with Gasteiger partial charge in [-0.2, -0.15) is 0 Å². The Labute approximate surface area is 193 Å². The molecule has 0 aromatic heterocycles. The smallest absolute Gasteiger partial charge is 0.0945 e. The summed E-state index contributed by atoms with van der Waals surface area (Å²) in [6, 6.07) is 1.96. The first kappa shape index (κ1) is 21.5. The number of fused-ring (bicyclic) bond motifs is 5. The molecule has 0 aromatic carbocycles. The summed E-state index contributed by atoms with van der Waals surface area (Å²) in [5.41, 5.74) is 1.32. The van der Waals surface area contributed by atoms with E-state index in [4.69, 9.17) is 0 Å². The topological polar surface area (TPSA) is 0 Å². The van der Waals surface area contributed by atoms with Crippen molar-refractivity contribution in [1.29, 1.82) is 0 Å². The van der Waals surface area contributed by atoms with Crippen LogP contribution in [0.1, 0.15) is 97.3 Å². The third kappa shape index (κ3) is 3.02. The first-order valence-electron chi connectivity index (χ1n) is 14.5. The number of likely N-dealkylation sites (tertiary alicyclic amines) is 2. The van der Waals surface area contributed by atoms with Gasteiger partial charge in [-0.05, 0) is 74.0 Å². The van der Waals surface area contributed by atoms with Gasteiger partial charge in [0.05, 0.1) is 52.4 Å². The third-order valence-electron chi connectivity index (χ3n) is 13.4. The highest BCUT2D eigenvalue weighted by Crippen LogP contribution is 2.67. The van der Waals surface area contributed by atoms with Crippen LogP contribution in [0, 0.1) is 34.5 Å². The van der Waals surface area contributed by atoms with E-state index >= 15 is 0 Å². The van der Waals surface area contributed by atoms with E-state index in [-0.39, 0.29) is 0 Å². The predicted molar refractivity (Wildman–Crippen MR) is 130 cm³/mol. The maximum Gasteiger partial charge on any atom is 0.0945 e. The van der Waals surface area contributed by atoms with Crippen LogP contribution in [0.4, 0.5) is 0 Å². The number of hydrogen-bond acceptors (Lipinski definition) is 0. The summed E-state index contributed by atoms with van der Waals surface area (Å²) in [6.45, 7) is 11.5. The van der Waals surface area contributed by atoms with Crippen LogP contribution < -0.4 is 0 Å². The minimum absolute atomic E-state index is 0.648. The highest BCUT2D eigenvalue weighted by molar-refractivity contribution is 5.10. The van der Waals surface area contributed by atoms with E-state index in [0.717, 1.165) is 35.8 Å². The fourth-order valence-electron chi connectivity index (χ4n) is 11.6. The molecule has 2 aliphatic heterocycles. The Hall–Kier alpha value is -0.0800. The largest absolute Gasteiger partial charge is 0.324 e. The lowest BCUT2D eigenvalue weighted by Crippen LogP contribution is -2.61. The van der Waals surface area contributed by atoms with E-state index in [1.165, 1.54) is 67.2 Å². The standard InChI is InChI=1S/C29H52N2/c1-28-15-13-23(30(3)17-5-6-18-30)21-22(28)9-10-24-25-11-12-27(31(4)19-7-8-20-31)29(25,2)16-14-26(24)28/h22-27H,5-21H2,1-4H3/q+2/t22-,23+,24-,25-,26-,27+,28-,29-/m0/s1. The number of nitrogens with zero attached hydrogens (tertiary/aromatic N) is 2. The van der Waals surface area contributed by atoms with Crippen molar-refractivity contribution < 1.29 is 8.97 Å². The zero-order chi connectivity index (χ0) is 21.5. The Morgan fingerprint density at radius 3 is 1.94 bits per heavy atom. The molecule has 2 heterocycles. The molecule has 31 heavy (non-hydrogen) atoms. The van der Waals surface area contributed by atoms with Gasteiger partial charge in [0, 0.05) is 43.9 Å². The molecule has 0 spiro atoms. The highest BCUT2D eigenvalue weighted by Gasteiger charge is 2.64. The van der Waals surface area contributed by atoms with Crippen molar-refractivity contribution in [1.82, 2.24) is 0 Å². The molecule has 0 bridgehead atoms. The van der Waals surface area contributed by atoms with Crippen molar-refractivity contribution in [3.8, 4) is 0 Å². The van der Waals surface area contributed by atoms with Gasteiger partial charge >= 0.3 is 0 Å². The lowest BCUT2D eigenvalue weighted by atomic mass is 9.44. The summed E-state index contributed by atoms with van der Waals surface area (Å²) >= 11 is 0. The van der Waals surface area contributed by atoms with E-state index in [2.05, 4.69) is 27.9 Å². The molecule has 0 N–H and O–H groups in total. The number of rotatable bonds is 2. The van der Waals surface area contributed by atoms with E-state index < -0.39 is 0 Å². The molecular formula is C29H52N2+2. The van der Waals surface area contributed by atoms with Crippen LogP contribution in [0.2, 0.25) is 0 Å². The molecule has 6 fully saturated rings. The van der Waals surface area contributed by atoms with Crippen molar-refractivity contribution in [3.05, 3.63) is 0 Å². The fraction of sp³-hybridized carbons (Fsp3) is 1.00. The van der Waals surface area contributed by atoms with Crippen molar-refractivity contribution in [3.63, 3.8) is 0 Å². The average Bonchev–Trinajstić information content (AvgIpc) is 3.46. The molecule has 2 heteroatoms. The van der Waals surface area contributed by atoms with Gasteiger partial charge in [0.25, 0.3) is 0 Å². The lowest BCUT2D eigenvalue weighted by molar-refractivity contribution is -0.928. The third-order valence-corrected chi connectivity index (χ3v) is 13.4. The monoisotopic (exact) mass is 428 g/mol. The van der Waals surface area contributed by atoms with Crippen molar-refractivity contribution in [2.24, 2.45) is 34.5 Å². The minimum Gasteiger partial charge on any atom is -0.324 e. The fourth-order valence-corrected chi connectivity index (χ4v) is 11.6. The SMILES string of the molecule is C[C@]12CC[C@@H]([N+]3(C)CCCC3)C[C@@H]1CC[C@@H]1[C@@H]2CC[C@]2(C)[C@H]([N+]3(C)CCCC3)CC[C@@H]12. The van der Waals surface area contributed by atoms with Gasteiger partial charge in [-0.3, -0.25) is 0 Å². The summed E-state index contributed by atoms with van der Waals surface area (Å²) in [5, 5.41) is 0. The second-order valence-electron chi connectivity index (χ2n) is 14.5. The van der Waals surface area contributed by atoms with Crippen molar-refractivity contribution in [2.75, 3.05) is 40.3 Å². The van der Waals surface area contributed by atoms with Gasteiger partial charge < -0.3 is 8.97 Å². The van der Waals surface area contributed by atoms with Crippen molar-refractivity contribution >= 4 is 0 Å². The van der Waals surface area contributed by atoms with Crippen LogP contribution in [0.15, 0.2) is 0 Å². The summed E-state index contributed by atoms with van der Waals surface area (Å²) in [4.78, 5) is 0. The molecule has 0 amide bonds. The molecule has 4 saturated carbocycles. The predicted octanol–water partition coefficient (Wildman–Crippen LogP) is 6.25. The zero-order valence-electron chi connectivity index (χ0n) is 21.4. The van der Waals surface area contributed by atoms with Crippen molar-refractivity contribution in [2.45, 2.75) is 109 Å². The molecule has 4 aliphatic carbocycles. The van der Waals surface area contributed by atoms with E-state index in [0.29, 0.717) is 10.8 Å². The maximum atomic E-state index is 2.79. The van der Waals surface area contributed by atoms with E-state index in [9.17, 15) is 0 Å². The molecule has 6 rings (SSSR count). The Morgan fingerprint density at radius 1 is 0.613 bits per heavy atom. The van der Waals surface area contributed by atoms with Crippen LogP contribution in [-0.4, -0.2) is 61.3 Å². The first-order valence-corrected chi connectivity index (χ1v) is 14.5. The zero-order valence-corrected chi connectivity index (χ0v) is 21.4. The number of quaternary nitrogens is 2. The highest BCUT2D eigenvalue weighted by atomic mass is 15.4. The Bertz CT molecular complexity index is 689. The maximum absolute atomic E-state index is 2.79. The second kappa shape index (κ2) is 7.21. The lowest BCUT2D eigenvalue weighted by Gasteiger charge is -2.62. The van der Waals surface area contributed by atoms with Crippen LogP contribution in [0.3, 0.4) is 0 Å². The summed E-state index contributed by atoms with van der Waals surface area (Å²) in [6.07, 6.45) is 20.0. The van der Waals surface area contributed by atoms with Gasteiger partial charge in [-0.25, -0.2) is 0 Å². The van der Waals surface area contributed by atoms with Gasteiger partial charge in [0.15, 0.2) is 0 Å².